The summed E-state index contributed by atoms with van der Waals surface area (Å²) in [5, 5.41) is 3.48. The number of nitrogens with zero attached hydrogens (tertiary/aromatic N) is 3. The molecule has 1 aromatic carbocycles. The quantitative estimate of drug-likeness (QED) is 0.745. The molecule has 164 valence electrons. The maximum absolute atomic E-state index is 13.9. The molecular formula is C25H37FN4. The summed E-state index contributed by atoms with van der Waals surface area (Å²) in [5.74, 6) is 2.35. The Morgan fingerprint density at radius 3 is 2.47 bits per heavy atom. The zero-order valence-electron chi connectivity index (χ0n) is 18.3. The SMILES string of the molecule is Fc1ccc2c(c1)nc([C@@H]1CCNC1)n2C1CCN(CC2CCCCCCC2)CC1. The summed E-state index contributed by atoms with van der Waals surface area (Å²) in [6, 6.07) is 5.65. The van der Waals surface area contributed by atoms with Crippen LogP contribution in [0.15, 0.2) is 18.2 Å². The molecule has 5 heteroatoms. The van der Waals surface area contributed by atoms with Crippen molar-refractivity contribution < 1.29 is 4.39 Å². The van der Waals surface area contributed by atoms with Gasteiger partial charge in [0.15, 0.2) is 0 Å². The van der Waals surface area contributed by atoms with E-state index >= 15 is 0 Å². The van der Waals surface area contributed by atoms with Crippen LogP contribution in [0.5, 0.6) is 0 Å². The molecule has 0 radical (unpaired) electrons. The van der Waals surface area contributed by atoms with E-state index in [4.69, 9.17) is 4.98 Å². The first-order valence-electron chi connectivity index (χ1n) is 12.4. The van der Waals surface area contributed by atoms with E-state index in [0.717, 1.165) is 36.5 Å². The molecule has 5 rings (SSSR count). The summed E-state index contributed by atoms with van der Waals surface area (Å²) in [4.78, 5) is 7.65. The van der Waals surface area contributed by atoms with Crippen LogP contribution in [0.4, 0.5) is 4.39 Å². The number of benzene rings is 1. The van der Waals surface area contributed by atoms with Crippen molar-refractivity contribution in [1.82, 2.24) is 19.8 Å². The minimum atomic E-state index is -0.183. The Labute approximate surface area is 180 Å². The van der Waals surface area contributed by atoms with Crippen LogP contribution in [-0.4, -0.2) is 47.2 Å². The molecule has 3 fully saturated rings. The average molecular weight is 413 g/mol. The monoisotopic (exact) mass is 412 g/mol. The molecule has 2 saturated heterocycles. The molecule has 30 heavy (non-hydrogen) atoms. The zero-order chi connectivity index (χ0) is 20.3. The Morgan fingerprint density at radius 1 is 0.967 bits per heavy atom. The van der Waals surface area contributed by atoms with Gasteiger partial charge in [0.05, 0.1) is 11.0 Å². The van der Waals surface area contributed by atoms with Crippen LogP contribution in [-0.2, 0) is 0 Å². The molecular weight excluding hydrogens is 375 g/mol. The van der Waals surface area contributed by atoms with Gasteiger partial charge in [-0.05, 0) is 56.7 Å². The number of fused-ring (bicyclic) bond motifs is 1. The van der Waals surface area contributed by atoms with Gasteiger partial charge in [0.1, 0.15) is 11.6 Å². The predicted molar refractivity (Wildman–Crippen MR) is 120 cm³/mol. The van der Waals surface area contributed by atoms with Gasteiger partial charge < -0.3 is 14.8 Å². The van der Waals surface area contributed by atoms with Gasteiger partial charge in [-0.15, -0.1) is 0 Å². The van der Waals surface area contributed by atoms with Crippen molar-refractivity contribution >= 4 is 11.0 Å². The Morgan fingerprint density at radius 2 is 1.73 bits per heavy atom. The van der Waals surface area contributed by atoms with Crippen molar-refractivity contribution in [3.63, 3.8) is 0 Å². The van der Waals surface area contributed by atoms with E-state index in [-0.39, 0.29) is 5.82 Å². The summed E-state index contributed by atoms with van der Waals surface area (Å²) in [5.41, 5.74) is 1.95. The first kappa shape index (κ1) is 20.4. The Balaban J connectivity index is 1.30. The van der Waals surface area contributed by atoms with Crippen LogP contribution >= 0.6 is 0 Å². The van der Waals surface area contributed by atoms with E-state index in [2.05, 4.69) is 14.8 Å². The second-order valence-corrected chi connectivity index (χ2v) is 9.91. The highest BCUT2D eigenvalue weighted by molar-refractivity contribution is 5.76. The standard InChI is InChI=1S/C25H37FN4/c26-21-8-9-24-23(16-21)28-25(20-10-13-27-17-20)30(24)22-11-14-29(15-12-22)18-19-6-4-2-1-3-5-7-19/h8-9,16,19-20,22,27H,1-7,10-15,17-18H2/t20-/m1/s1. The van der Waals surface area contributed by atoms with E-state index in [1.807, 2.05) is 6.07 Å². The van der Waals surface area contributed by atoms with Crippen molar-refractivity contribution in [2.24, 2.45) is 5.92 Å². The Kier molecular flexibility index (Phi) is 6.37. The number of imidazole rings is 1. The van der Waals surface area contributed by atoms with Gasteiger partial charge >= 0.3 is 0 Å². The molecule has 0 unspecified atom stereocenters. The molecule has 1 N–H and O–H groups in total. The number of nitrogens with one attached hydrogen (secondary N) is 1. The van der Waals surface area contributed by atoms with Crippen LogP contribution in [0.25, 0.3) is 11.0 Å². The number of hydrogen-bond acceptors (Lipinski definition) is 3. The van der Waals surface area contributed by atoms with E-state index in [1.165, 1.54) is 83.2 Å². The highest BCUT2D eigenvalue weighted by atomic mass is 19.1. The fourth-order valence-corrected chi connectivity index (χ4v) is 6.09. The predicted octanol–water partition coefficient (Wildman–Crippen LogP) is 5.25. The van der Waals surface area contributed by atoms with E-state index in [1.54, 1.807) is 12.1 Å². The van der Waals surface area contributed by atoms with Crippen molar-refractivity contribution in [3.8, 4) is 0 Å². The minimum Gasteiger partial charge on any atom is -0.324 e. The molecule has 1 atom stereocenters. The third-order valence-electron chi connectivity index (χ3n) is 7.77. The number of hydrogen-bond donors (Lipinski definition) is 1. The highest BCUT2D eigenvalue weighted by Crippen LogP contribution is 2.34. The first-order chi connectivity index (χ1) is 14.8. The molecule has 2 aromatic rings. The van der Waals surface area contributed by atoms with Gasteiger partial charge in [0.25, 0.3) is 0 Å². The van der Waals surface area contributed by atoms with Gasteiger partial charge in [0, 0.05) is 44.2 Å². The fourth-order valence-electron chi connectivity index (χ4n) is 6.09. The van der Waals surface area contributed by atoms with E-state index < -0.39 is 0 Å². The molecule has 2 aliphatic heterocycles. The third kappa shape index (κ3) is 4.43. The second kappa shape index (κ2) is 9.35. The Bertz CT molecular complexity index is 825. The molecule has 0 amide bonds. The smallest absolute Gasteiger partial charge is 0.125 e. The topological polar surface area (TPSA) is 33.1 Å². The molecule has 4 nitrogen and oxygen atoms in total. The summed E-state index contributed by atoms with van der Waals surface area (Å²) in [7, 11) is 0. The van der Waals surface area contributed by atoms with E-state index in [9.17, 15) is 4.39 Å². The molecule has 0 spiro atoms. The van der Waals surface area contributed by atoms with E-state index in [0.29, 0.717) is 12.0 Å². The molecule has 3 heterocycles. The Hall–Kier alpha value is -1.46. The summed E-state index contributed by atoms with van der Waals surface area (Å²) >= 11 is 0. The first-order valence-corrected chi connectivity index (χ1v) is 12.4. The van der Waals surface area contributed by atoms with Gasteiger partial charge in [-0.2, -0.15) is 0 Å². The lowest BCUT2D eigenvalue weighted by atomic mass is 9.90. The molecule has 1 saturated carbocycles. The number of rotatable bonds is 4. The molecule has 1 aromatic heterocycles. The summed E-state index contributed by atoms with van der Waals surface area (Å²) in [6.45, 7) is 5.71. The lowest BCUT2D eigenvalue weighted by Gasteiger charge is -2.36. The van der Waals surface area contributed by atoms with Gasteiger partial charge in [-0.1, -0.05) is 32.1 Å². The van der Waals surface area contributed by atoms with Crippen molar-refractivity contribution in [2.75, 3.05) is 32.7 Å². The van der Waals surface area contributed by atoms with Crippen molar-refractivity contribution in [3.05, 3.63) is 29.8 Å². The summed E-state index contributed by atoms with van der Waals surface area (Å²) in [6.07, 6.45) is 13.5. The summed E-state index contributed by atoms with van der Waals surface area (Å²) < 4.78 is 16.3. The number of likely N-dealkylation sites (tertiary alicyclic amines) is 1. The number of halogens is 1. The maximum atomic E-state index is 13.9. The van der Waals surface area contributed by atoms with Gasteiger partial charge in [-0.3, -0.25) is 0 Å². The lowest BCUT2D eigenvalue weighted by molar-refractivity contribution is 0.151. The second-order valence-electron chi connectivity index (χ2n) is 9.91. The average Bonchev–Trinajstić information content (AvgIpc) is 3.38. The van der Waals surface area contributed by atoms with Gasteiger partial charge in [0.2, 0.25) is 0 Å². The zero-order valence-corrected chi connectivity index (χ0v) is 18.3. The van der Waals surface area contributed by atoms with Crippen LogP contribution in [0, 0.1) is 11.7 Å². The van der Waals surface area contributed by atoms with Crippen LogP contribution in [0.3, 0.4) is 0 Å². The maximum Gasteiger partial charge on any atom is 0.125 e. The number of aromatic nitrogens is 2. The normalized spacial score (nSPS) is 25.6. The van der Waals surface area contributed by atoms with Crippen molar-refractivity contribution in [2.45, 2.75) is 76.2 Å². The minimum absolute atomic E-state index is 0.183. The number of piperidine rings is 1. The van der Waals surface area contributed by atoms with Crippen LogP contribution in [0.1, 0.15) is 82.0 Å². The largest absolute Gasteiger partial charge is 0.324 e. The van der Waals surface area contributed by atoms with Crippen molar-refractivity contribution in [1.29, 1.82) is 0 Å². The van der Waals surface area contributed by atoms with Crippen LogP contribution in [0.2, 0.25) is 0 Å². The van der Waals surface area contributed by atoms with Crippen LogP contribution < -0.4 is 5.32 Å². The highest BCUT2D eigenvalue weighted by Gasteiger charge is 2.30. The molecule has 1 aliphatic carbocycles. The lowest BCUT2D eigenvalue weighted by Crippen LogP contribution is -2.38. The fraction of sp³-hybridized carbons (Fsp3) is 0.720. The molecule has 0 bridgehead atoms. The third-order valence-corrected chi connectivity index (χ3v) is 7.77. The molecule has 3 aliphatic rings. The van der Waals surface area contributed by atoms with Gasteiger partial charge in [-0.25, -0.2) is 9.37 Å².